The van der Waals surface area contributed by atoms with Gasteiger partial charge >= 0.3 is 0 Å². The highest BCUT2D eigenvalue weighted by Crippen LogP contribution is 2.49. The van der Waals surface area contributed by atoms with Gasteiger partial charge in [-0.25, -0.2) is 0 Å². The zero-order valence-corrected chi connectivity index (χ0v) is 28.1. The maximum Gasteiger partial charge on any atom is 0.119 e. The lowest BCUT2D eigenvalue weighted by molar-refractivity contribution is -0.00695. The third kappa shape index (κ3) is 8.35. The molecule has 2 aromatic carbocycles. The smallest absolute Gasteiger partial charge is 0.119 e. The van der Waals surface area contributed by atoms with E-state index in [2.05, 4.69) is 58.3 Å². The molecule has 0 aliphatic carbocycles. The van der Waals surface area contributed by atoms with Crippen LogP contribution in [-0.2, 0) is 20.3 Å². The Morgan fingerprint density at radius 1 is 0.600 bits per heavy atom. The fraction of sp³-hybridized carbons (Fsp3) is 0.676. The van der Waals surface area contributed by atoms with E-state index in [1.807, 2.05) is 0 Å². The second kappa shape index (κ2) is 16.8. The Kier molecular flexibility index (Phi) is 12.9. The molecule has 0 radical (unpaired) electrons. The van der Waals surface area contributed by atoms with Gasteiger partial charge in [0, 0.05) is 56.4 Å². The molecule has 0 aromatic heterocycles. The zero-order chi connectivity index (χ0) is 30.1. The van der Waals surface area contributed by atoms with Crippen LogP contribution in [0.3, 0.4) is 0 Å². The first-order valence-electron chi connectivity index (χ1n) is 17.5. The largest absolute Gasteiger partial charge is 0.494 e. The van der Waals surface area contributed by atoms with Crippen molar-refractivity contribution in [2.24, 2.45) is 5.73 Å². The SMILES string of the molecule is Cl.NC(C1(c2ccc(OCCCN3CCCC3)cc2)CCOCC1)C1(c2ccc(OCCCN3CCCC3)cc2)CCOCC1. The Labute approximate surface area is 277 Å². The molecule has 45 heavy (non-hydrogen) atoms. The number of hydrogen-bond acceptors (Lipinski definition) is 7. The predicted molar refractivity (Wildman–Crippen MR) is 183 cm³/mol. The quantitative estimate of drug-likeness (QED) is 0.255. The Bertz CT molecular complexity index is 1030. The highest BCUT2D eigenvalue weighted by Gasteiger charge is 2.51. The number of benzene rings is 2. The summed E-state index contributed by atoms with van der Waals surface area (Å²) >= 11 is 0. The van der Waals surface area contributed by atoms with Gasteiger partial charge in [0.2, 0.25) is 0 Å². The number of likely N-dealkylation sites (tertiary alicyclic amines) is 2. The Morgan fingerprint density at radius 3 is 1.31 bits per heavy atom. The van der Waals surface area contributed by atoms with Crippen LogP contribution < -0.4 is 15.2 Å². The van der Waals surface area contributed by atoms with Gasteiger partial charge in [0.15, 0.2) is 0 Å². The lowest BCUT2D eigenvalue weighted by atomic mass is 9.56. The van der Waals surface area contributed by atoms with E-state index in [1.54, 1.807) is 0 Å². The van der Waals surface area contributed by atoms with Gasteiger partial charge < -0.3 is 34.5 Å². The first-order valence-corrected chi connectivity index (χ1v) is 17.5. The Balaban J connectivity index is 0.00000400. The maximum absolute atomic E-state index is 7.57. The van der Waals surface area contributed by atoms with E-state index in [4.69, 9.17) is 24.7 Å². The van der Waals surface area contributed by atoms with E-state index >= 15 is 0 Å². The van der Waals surface area contributed by atoms with Crippen LogP contribution in [-0.4, -0.2) is 94.8 Å². The molecule has 0 unspecified atom stereocenters. The summed E-state index contributed by atoms with van der Waals surface area (Å²) in [5, 5.41) is 0. The van der Waals surface area contributed by atoms with E-state index in [0.29, 0.717) is 0 Å². The summed E-state index contributed by atoms with van der Waals surface area (Å²) in [5.41, 5.74) is 9.84. The topological polar surface area (TPSA) is 69.4 Å². The average Bonchev–Trinajstić information content (AvgIpc) is 3.81. The summed E-state index contributed by atoms with van der Waals surface area (Å²) in [6.07, 6.45) is 11.2. The second-order valence-electron chi connectivity index (χ2n) is 13.6. The van der Waals surface area contributed by atoms with E-state index in [9.17, 15) is 0 Å². The van der Waals surface area contributed by atoms with Crippen LogP contribution in [0.5, 0.6) is 11.5 Å². The molecule has 4 saturated heterocycles. The minimum Gasteiger partial charge on any atom is -0.494 e. The molecule has 7 nitrogen and oxygen atoms in total. The second-order valence-corrected chi connectivity index (χ2v) is 13.6. The van der Waals surface area contributed by atoms with Crippen LogP contribution in [0.2, 0.25) is 0 Å². The Morgan fingerprint density at radius 2 is 0.956 bits per heavy atom. The molecule has 0 bridgehead atoms. The number of rotatable bonds is 14. The summed E-state index contributed by atoms with van der Waals surface area (Å²) < 4.78 is 24.2. The molecule has 4 heterocycles. The van der Waals surface area contributed by atoms with Gasteiger partial charge in [-0.15, -0.1) is 12.4 Å². The van der Waals surface area contributed by atoms with E-state index in [0.717, 1.165) is 103 Å². The molecule has 8 heteroatoms. The molecule has 4 aliphatic heterocycles. The van der Waals surface area contributed by atoms with Crippen molar-refractivity contribution in [3.05, 3.63) is 59.7 Å². The van der Waals surface area contributed by atoms with Crippen molar-refractivity contribution in [2.75, 3.05) is 78.9 Å². The first kappa shape index (κ1) is 34.5. The zero-order valence-electron chi connectivity index (χ0n) is 27.3. The molecule has 4 fully saturated rings. The number of ether oxygens (including phenoxy) is 4. The standard InChI is InChI=1S/C37H55N3O4.ClH/c38-35(36(15-27-41-28-16-36)31-7-11-33(12-8-31)43-25-5-23-39-19-1-2-20-39)37(17-29-42-30-18-37)32-9-13-34(14-10-32)44-26-6-24-40-21-3-4-22-40;/h7-14,35H,1-6,15-30,38H2;1H. The normalized spacial score (nSPS) is 21.9. The van der Waals surface area contributed by atoms with Crippen molar-refractivity contribution in [1.82, 2.24) is 9.80 Å². The summed E-state index contributed by atoms with van der Waals surface area (Å²) in [6, 6.07) is 17.6. The van der Waals surface area contributed by atoms with Crippen LogP contribution in [0.25, 0.3) is 0 Å². The monoisotopic (exact) mass is 641 g/mol. The molecule has 250 valence electrons. The van der Waals surface area contributed by atoms with Gasteiger partial charge in [-0.3, -0.25) is 0 Å². The first-order chi connectivity index (χ1) is 21.7. The van der Waals surface area contributed by atoms with Crippen molar-refractivity contribution < 1.29 is 18.9 Å². The predicted octanol–water partition coefficient (Wildman–Crippen LogP) is 5.96. The van der Waals surface area contributed by atoms with E-state index in [1.165, 1.54) is 63.0 Å². The van der Waals surface area contributed by atoms with E-state index < -0.39 is 0 Å². The van der Waals surface area contributed by atoms with Gasteiger partial charge in [-0.05, 0) is 126 Å². The highest BCUT2D eigenvalue weighted by molar-refractivity contribution is 5.85. The molecular formula is C37H56ClN3O4. The Hall–Kier alpha value is -1.87. The molecule has 0 saturated carbocycles. The van der Waals surface area contributed by atoms with Crippen molar-refractivity contribution in [3.8, 4) is 11.5 Å². The van der Waals surface area contributed by atoms with Crippen molar-refractivity contribution in [1.29, 1.82) is 0 Å². The fourth-order valence-electron chi connectivity index (χ4n) is 8.29. The third-order valence-electron chi connectivity index (χ3n) is 11.0. The van der Waals surface area contributed by atoms with Gasteiger partial charge in [0.1, 0.15) is 11.5 Å². The summed E-state index contributed by atoms with van der Waals surface area (Å²) in [5.74, 6) is 1.89. The summed E-state index contributed by atoms with van der Waals surface area (Å²) in [7, 11) is 0. The summed E-state index contributed by atoms with van der Waals surface area (Å²) in [6.45, 7) is 11.7. The van der Waals surface area contributed by atoms with Crippen LogP contribution >= 0.6 is 12.4 Å². The number of halogens is 1. The number of nitrogens with zero attached hydrogens (tertiary/aromatic N) is 2. The molecule has 2 aromatic rings. The van der Waals surface area contributed by atoms with Gasteiger partial charge in [0.25, 0.3) is 0 Å². The minimum absolute atomic E-state index is 0. The van der Waals surface area contributed by atoms with Crippen molar-refractivity contribution >= 4 is 12.4 Å². The number of nitrogens with two attached hydrogens (primary N) is 1. The molecule has 0 atom stereocenters. The number of hydrogen-bond donors (Lipinski definition) is 1. The average molecular weight is 642 g/mol. The summed E-state index contributed by atoms with van der Waals surface area (Å²) in [4.78, 5) is 5.10. The third-order valence-corrected chi connectivity index (χ3v) is 11.0. The minimum atomic E-state index is -0.172. The molecular weight excluding hydrogens is 586 g/mol. The van der Waals surface area contributed by atoms with E-state index in [-0.39, 0.29) is 29.3 Å². The van der Waals surface area contributed by atoms with Gasteiger partial charge in [-0.2, -0.15) is 0 Å². The highest BCUT2D eigenvalue weighted by atomic mass is 35.5. The van der Waals surface area contributed by atoms with Gasteiger partial charge in [-0.1, -0.05) is 24.3 Å². The van der Waals surface area contributed by atoms with Gasteiger partial charge in [0.05, 0.1) is 13.2 Å². The van der Waals surface area contributed by atoms with Crippen molar-refractivity contribution in [3.63, 3.8) is 0 Å². The molecule has 2 N–H and O–H groups in total. The van der Waals surface area contributed by atoms with Crippen LogP contribution in [0.15, 0.2) is 48.5 Å². The molecule has 4 aliphatic rings. The molecule has 0 spiro atoms. The lowest BCUT2D eigenvalue weighted by Crippen LogP contribution is -2.61. The van der Waals surface area contributed by atoms with Crippen LogP contribution in [0.4, 0.5) is 0 Å². The van der Waals surface area contributed by atoms with Crippen LogP contribution in [0, 0.1) is 0 Å². The fourth-order valence-corrected chi connectivity index (χ4v) is 8.29. The maximum atomic E-state index is 7.57. The van der Waals surface area contributed by atoms with Crippen molar-refractivity contribution in [2.45, 2.75) is 81.1 Å². The van der Waals surface area contributed by atoms with Crippen LogP contribution in [0.1, 0.15) is 75.3 Å². The molecule has 0 amide bonds. The lowest BCUT2D eigenvalue weighted by Gasteiger charge is -2.53. The molecule has 6 rings (SSSR count).